The van der Waals surface area contributed by atoms with Gasteiger partial charge >= 0.3 is 0 Å². The van der Waals surface area contributed by atoms with Crippen LogP contribution in [0.15, 0.2) is 12.1 Å². The smallest absolute Gasteiger partial charge is 0.142 e. The lowest BCUT2D eigenvalue weighted by Gasteiger charge is -2.24. The van der Waals surface area contributed by atoms with Crippen LogP contribution in [0.5, 0.6) is 5.75 Å². The van der Waals surface area contributed by atoms with E-state index in [0.717, 1.165) is 35.1 Å². The normalized spacial score (nSPS) is 19.6. The second-order valence-corrected chi connectivity index (χ2v) is 5.24. The summed E-state index contributed by atoms with van der Waals surface area (Å²) in [6.07, 6.45) is 3.83. The van der Waals surface area contributed by atoms with Crippen molar-refractivity contribution < 1.29 is 4.74 Å². The van der Waals surface area contributed by atoms with Gasteiger partial charge in [0.1, 0.15) is 5.75 Å². The van der Waals surface area contributed by atoms with Crippen LogP contribution in [0.3, 0.4) is 0 Å². The van der Waals surface area contributed by atoms with Crippen LogP contribution in [0.1, 0.15) is 24.8 Å². The molecule has 2 rings (SSSR count). The monoisotopic (exact) mass is 268 g/mol. The second kappa shape index (κ2) is 6.30. The zero-order valence-electron chi connectivity index (χ0n) is 11.1. The Bertz CT molecular complexity index is 403. The Balaban J connectivity index is 2.01. The lowest BCUT2D eigenvalue weighted by molar-refractivity contribution is 0.407. The van der Waals surface area contributed by atoms with Gasteiger partial charge in [-0.15, -0.1) is 0 Å². The quantitative estimate of drug-likeness (QED) is 0.880. The zero-order chi connectivity index (χ0) is 13.0. The third kappa shape index (κ3) is 3.30. The molecular weight excluding hydrogens is 248 g/mol. The number of nitrogens with one attached hydrogen (secondary N) is 2. The van der Waals surface area contributed by atoms with Crippen molar-refractivity contribution in [2.45, 2.75) is 32.2 Å². The van der Waals surface area contributed by atoms with Crippen molar-refractivity contribution in [1.82, 2.24) is 5.32 Å². The molecule has 100 valence electrons. The molecule has 0 radical (unpaired) electrons. The van der Waals surface area contributed by atoms with Gasteiger partial charge in [-0.1, -0.05) is 18.0 Å². The first kappa shape index (κ1) is 13.5. The van der Waals surface area contributed by atoms with E-state index in [1.54, 1.807) is 7.11 Å². The third-order valence-corrected chi connectivity index (χ3v) is 3.84. The van der Waals surface area contributed by atoms with Gasteiger partial charge in [0.05, 0.1) is 12.8 Å². The molecule has 1 aromatic rings. The molecule has 1 aliphatic rings. The van der Waals surface area contributed by atoms with Crippen LogP contribution in [-0.2, 0) is 0 Å². The van der Waals surface area contributed by atoms with Gasteiger partial charge in [0, 0.05) is 17.6 Å². The van der Waals surface area contributed by atoms with E-state index in [4.69, 9.17) is 16.3 Å². The Morgan fingerprint density at radius 1 is 1.44 bits per heavy atom. The topological polar surface area (TPSA) is 33.3 Å². The summed E-state index contributed by atoms with van der Waals surface area (Å²) >= 11 is 6.15. The van der Waals surface area contributed by atoms with Crippen LogP contribution in [0.2, 0.25) is 5.02 Å². The van der Waals surface area contributed by atoms with E-state index in [1.807, 2.05) is 19.1 Å². The van der Waals surface area contributed by atoms with Crippen LogP contribution in [0.25, 0.3) is 0 Å². The number of aryl methyl sites for hydroxylation is 1. The summed E-state index contributed by atoms with van der Waals surface area (Å²) in [5.74, 6) is 0.854. The summed E-state index contributed by atoms with van der Waals surface area (Å²) in [7, 11) is 1.69. The van der Waals surface area contributed by atoms with Gasteiger partial charge < -0.3 is 15.4 Å². The van der Waals surface area contributed by atoms with E-state index < -0.39 is 0 Å². The van der Waals surface area contributed by atoms with Gasteiger partial charge in [-0.2, -0.15) is 0 Å². The fraction of sp³-hybridized carbons (Fsp3) is 0.571. The highest BCUT2D eigenvalue weighted by Gasteiger charge is 2.13. The van der Waals surface area contributed by atoms with Crippen molar-refractivity contribution in [2.75, 3.05) is 25.5 Å². The van der Waals surface area contributed by atoms with Gasteiger partial charge in [-0.25, -0.2) is 0 Å². The van der Waals surface area contributed by atoms with E-state index in [0.29, 0.717) is 6.04 Å². The van der Waals surface area contributed by atoms with Gasteiger partial charge in [0.25, 0.3) is 0 Å². The Hall–Kier alpha value is -0.930. The molecule has 1 atom stereocenters. The summed E-state index contributed by atoms with van der Waals surface area (Å²) in [5.41, 5.74) is 2.01. The second-order valence-electron chi connectivity index (χ2n) is 4.83. The minimum Gasteiger partial charge on any atom is -0.495 e. The minimum atomic E-state index is 0.545. The van der Waals surface area contributed by atoms with E-state index in [2.05, 4.69) is 10.6 Å². The highest BCUT2D eigenvalue weighted by Crippen LogP contribution is 2.30. The standard InChI is InChI=1S/C14H21ClN2O/c1-10-7-14(18-2)13(8-12(10)15)17-9-11-5-3-4-6-16-11/h7-8,11,16-17H,3-6,9H2,1-2H3. The molecular formula is C14H21ClN2O. The predicted octanol–water partition coefficient (Wildman–Crippen LogP) is 3.21. The molecule has 0 saturated carbocycles. The summed E-state index contributed by atoms with van der Waals surface area (Å²) in [5, 5.41) is 7.72. The van der Waals surface area contributed by atoms with Gasteiger partial charge in [-0.3, -0.25) is 0 Å². The molecule has 1 fully saturated rings. The molecule has 1 unspecified atom stereocenters. The molecule has 1 aliphatic heterocycles. The number of piperidine rings is 1. The third-order valence-electron chi connectivity index (χ3n) is 3.43. The van der Waals surface area contributed by atoms with Crippen molar-refractivity contribution in [1.29, 1.82) is 0 Å². The molecule has 3 nitrogen and oxygen atoms in total. The van der Waals surface area contributed by atoms with E-state index >= 15 is 0 Å². The fourth-order valence-corrected chi connectivity index (χ4v) is 2.46. The number of anilines is 1. The van der Waals surface area contributed by atoms with Crippen molar-refractivity contribution in [3.05, 3.63) is 22.7 Å². The van der Waals surface area contributed by atoms with Gasteiger partial charge in [0.2, 0.25) is 0 Å². The van der Waals surface area contributed by atoms with Crippen LogP contribution in [-0.4, -0.2) is 26.2 Å². The summed E-state index contributed by atoms with van der Waals surface area (Å²) < 4.78 is 5.38. The Morgan fingerprint density at radius 2 is 2.28 bits per heavy atom. The van der Waals surface area contributed by atoms with E-state index in [-0.39, 0.29) is 0 Å². The first-order chi connectivity index (χ1) is 8.70. The average molecular weight is 269 g/mol. The van der Waals surface area contributed by atoms with Crippen molar-refractivity contribution >= 4 is 17.3 Å². The minimum absolute atomic E-state index is 0.545. The number of halogens is 1. The van der Waals surface area contributed by atoms with Crippen molar-refractivity contribution in [3.8, 4) is 5.75 Å². The number of methoxy groups -OCH3 is 1. The van der Waals surface area contributed by atoms with Crippen LogP contribution in [0.4, 0.5) is 5.69 Å². The molecule has 0 amide bonds. The number of ether oxygens (including phenoxy) is 1. The average Bonchev–Trinajstić information content (AvgIpc) is 2.41. The first-order valence-corrected chi connectivity index (χ1v) is 6.90. The largest absolute Gasteiger partial charge is 0.495 e. The van der Waals surface area contributed by atoms with Crippen LogP contribution < -0.4 is 15.4 Å². The lowest BCUT2D eigenvalue weighted by Crippen LogP contribution is -2.39. The first-order valence-electron chi connectivity index (χ1n) is 6.52. The molecule has 1 saturated heterocycles. The van der Waals surface area contributed by atoms with E-state index in [9.17, 15) is 0 Å². The molecule has 0 bridgehead atoms. The number of benzene rings is 1. The number of rotatable bonds is 4. The highest BCUT2D eigenvalue weighted by atomic mass is 35.5. The predicted molar refractivity (Wildman–Crippen MR) is 76.9 cm³/mol. The summed E-state index contributed by atoms with van der Waals surface area (Å²) in [4.78, 5) is 0. The molecule has 4 heteroatoms. The summed E-state index contributed by atoms with van der Waals surface area (Å²) in [6, 6.07) is 4.46. The fourth-order valence-electron chi connectivity index (χ4n) is 2.29. The number of hydrogen-bond acceptors (Lipinski definition) is 3. The summed E-state index contributed by atoms with van der Waals surface area (Å²) in [6.45, 7) is 4.02. The Morgan fingerprint density at radius 3 is 2.94 bits per heavy atom. The van der Waals surface area contributed by atoms with Crippen molar-refractivity contribution in [3.63, 3.8) is 0 Å². The maximum Gasteiger partial charge on any atom is 0.142 e. The molecule has 2 N–H and O–H groups in total. The maximum absolute atomic E-state index is 6.15. The Labute approximate surface area is 114 Å². The highest BCUT2D eigenvalue weighted by molar-refractivity contribution is 6.31. The molecule has 0 aromatic heterocycles. The molecule has 0 aliphatic carbocycles. The molecule has 0 spiro atoms. The molecule has 1 heterocycles. The lowest BCUT2D eigenvalue weighted by atomic mass is 10.0. The molecule has 1 aromatic carbocycles. The SMILES string of the molecule is COc1cc(C)c(Cl)cc1NCC1CCCCN1. The van der Waals surface area contributed by atoms with Gasteiger partial charge in [0.15, 0.2) is 0 Å². The van der Waals surface area contributed by atoms with E-state index in [1.165, 1.54) is 19.3 Å². The zero-order valence-corrected chi connectivity index (χ0v) is 11.8. The van der Waals surface area contributed by atoms with Crippen LogP contribution >= 0.6 is 11.6 Å². The van der Waals surface area contributed by atoms with Crippen LogP contribution in [0, 0.1) is 6.92 Å². The van der Waals surface area contributed by atoms with Gasteiger partial charge in [-0.05, 0) is 44.0 Å². The number of hydrogen-bond donors (Lipinski definition) is 2. The maximum atomic E-state index is 6.15. The van der Waals surface area contributed by atoms with Crippen molar-refractivity contribution in [2.24, 2.45) is 0 Å². The Kier molecular flexibility index (Phi) is 4.72. The molecule has 18 heavy (non-hydrogen) atoms.